The van der Waals surface area contributed by atoms with E-state index in [1.165, 1.54) is 23.0 Å². The van der Waals surface area contributed by atoms with Crippen molar-refractivity contribution < 1.29 is 17.9 Å². The maximum Gasteiger partial charge on any atom is 0.264 e. The third-order valence-corrected chi connectivity index (χ3v) is 9.55. The number of nitrogens with one attached hydrogen (secondary N) is 2. The Morgan fingerprint density at radius 2 is 1.90 bits per heavy atom. The number of anilines is 2. The van der Waals surface area contributed by atoms with Crippen LogP contribution < -0.4 is 9.62 Å². The molecule has 10 heteroatoms. The summed E-state index contributed by atoms with van der Waals surface area (Å²) >= 11 is 6.08. The molecule has 1 aromatic heterocycles. The van der Waals surface area contributed by atoms with Crippen LogP contribution in [0.1, 0.15) is 34.5 Å². The molecular formula is C29H33ClN4O4S. The van der Waals surface area contributed by atoms with Crippen LogP contribution in [0.5, 0.6) is 0 Å². The average Bonchev–Trinajstić information content (AvgIpc) is 3.38. The number of nitrogens with zero attached hydrogens (tertiary/aromatic N) is 2. The van der Waals surface area contributed by atoms with E-state index in [0.29, 0.717) is 27.5 Å². The highest BCUT2D eigenvalue weighted by Crippen LogP contribution is 2.36. The average molecular weight is 569 g/mol. The molecule has 206 valence electrons. The normalized spacial score (nSPS) is 16.9. The summed E-state index contributed by atoms with van der Waals surface area (Å²) in [4.78, 5) is 18.9. The van der Waals surface area contributed by atoms with Crippen molar-refractivity contribution in [2.24, 2.45) is 0 Å². The molecule has 2 aliphatic heterocycles. The van der Waals surface area contributed by atoms with E-state index in [9.17, 15) is 13.2 Å². The van der Waals surface area contributed by atoms with Gasteiger partial charge in [0.15, 0.2) is 0 Å². The molecule has 0 aliphatic carbocycles. The minimum atomic E-state index is -3.89. The number of hydrogen-bond donors (Lipinski definition) is 2. The molecule has 2 aromatic carbocycles. The number of ether oxygens (including phenoxy) is 1. The summed E-state index contributed by atoms with van der Waals surface area (Å²) < 4.78 is 33.5. The first-order chi connectivity index (χ1) is 18.6. The van der Waals surface area contributed by atoms with Gasteiger partial charge in [-0.1, -0.05) is 17.7 Å². The largest absolute Gasteiger partial charge is 0.379 e. The minimum Gasteiger partial charge on any atom is -0.379 e. The summed E-state index contributed by atoms with van der Waals surface area (Å²) in [6, 6.07) is 11.4. The summed E-state index contributed by atoms with van der Waals surface area (Å²) in [5, 5.41) is 3.31. The van der Waals surface area contributed by atoms with Gasteiger partial charge >= 0.3 is 0 Å². The molecule has 2 aliphatic rings. The monoisotopic (exact) mass is 568 g/mol. The number of carbonyl (C=O) groups is 1. The van der Waals surface area contributed by atoms with Crippen LogP contribution >= 0.6 is 11.6 Å². The van der Waals surface area contributed by atoms with Gasteiger partial charge in [0.2, 0.25) is 0 Å². The van der Waals surface area contributed by atoms with Gasteiger partial charge in [0.05, 0.1) is 29.4 Å². The first-order valence-electron chi connectivity index (χ1n) is 13.1. The van der Waals surface area contributed by atoms with Gasteiger partial charge in [-0.15, -0.1) is 0 Å². The lowest BCUT2D eigenvalue weighted by Crippen LogP contribution is -2.36. The molecule has 5 rings (SSSR count). The predicted octanol–water partition coefficient (Wildman–Crippen LogP) is 4.87. The smallest absolute Gasteiger partial charge is 0.264 e. The third kappa shape index (κ3) is 5.63. The van der Waals surface area contributed by atoms with Crippen molar-refractivity contribution in [2.45, 2.75) is 31.6 Å². The van der Waals surface area contributed by atoms with E-state index in [0.717, 1.165) is 62.6 Å². The van der Waals surface area contributed by atoms with Gasteiger partial charge in [-0.2, -0.15) is 0 Å². The van der Waals surface area contributed by atoms with Crippen LogP contribution in [-0.2, 0) is 26.0 Å². The molecule has 1 fully saturated rings. The molecule has 0 bridgehead atoms. The van der Waals surface area contributed by atoms with E-state index in [1.54, 1.807) is 36.4 Å². The molecule has 1 amide bonds. The van der Waals surface area contributed by atoms with Crippen molar-refractivity contribution in [1.82, 2.24) is 9.88 Å². The Morgan fingerprint density at radius 3 is 2.64 bits per heavy atom. The van der Waals surface area contributed by atoms with Gasteiger partial charge in [-0.05, 0) is 86.8 Å². The Hall–Kier alpha value is -3.11. The number of amides is 1. The topological polar surface area (TPSA) is 94.7 Å². The number of rotatable bonds is 8. The van der Waals surface area contributed by atoms with Gasteiger partial charge in [0, 0.05) is 47.8 Å². The molecule has 3 heterocycles. The van der Waals surface area contributed by atoms with Gasteiger partial charge in [0.1, 0.15) is 0 Å². The van der Waals surface area contributed by atoms with Crippen LogP contribution in [0.4, 0.5) is 11.4 Å². The molecule has 2 N–H and O–H groups in total. The van der Waals surface area contributed by atoms with Gasteiger partial charge in [-0.3, -0.25) is 14.0 Å². The Kier molecular flexibility index (Phi) is 7.87. The number of aryl methyl sites for hydroxylation is 1. The molecular weight excluding hydrogens is 536 g/mol. The van der Waals surface area contributed by atoms with Gasteiger partial charge < -0.3 is 15.0 Å². The van der Waals surface area contributed by atoms with Crippen molar-refractivity contribution in [3.63, 3.8) is 0 Å². The Balaban J connectivity index is 1.40. The van der Waals surface area contributed by atoms with E-state index in [2.05, 4.69) is 29.0 Å². The second kappa shape index (κ2) is 11.2. The fourth-order valence-electron chi connectivity index (χ4n) is 5.22. The zero-order valence-corrected chi connectivity index (χ0v) is 24.0. The molecule has 8 nitrogen and oxygen atoms in total. The third-order valence-electron chi connectivity index (χ3n) is 7.53. The highest BCUT2D eigenvalue weighted by molar-refractivity contribution is 7.92. The molecule has 39 heavy (non-hydrogen) atoms. The number of sulfonamides is 1. The summed E-state index contributed by atoms with van der Waals surface area (Å²) in [6.07, 6.45) is 3.81. The Bertz CT molecular complexity index is 1540. The predicted molar refractivity (Wildman–Crippen MR) is 156 cm³/mol. The summed E-state index contributed by atoms with van der Waals surface area (Å²) in [5.74, 6) is -0.261. The van der Waals surface area contributed by atoms with Gasteiger partial charge in [-0.25, -0.2) is 8.42 Å². The van der Waals surface area contributed by atoms with Crippen molar-refractivity contribution in [2.75, 3.05) is 49.5 Å². The number of carbonyl (C=O) groups excluding carboxylic acids is 1. The highest BCUT2D eigenvalue weighted by Gasteiger charge is 2.29. The fourth-order valence-corrected chi connectivity index (χ4v) is 6.62. The van der Waals surface area contributed by atoms with E-state index < -0.39 is 10.0 Å². The van der Waals surface area contributed by atoms with Crippen LogP contribution in [0.2, 0.25) is 5.02 Å². The number of fused-ring (bicyclic) bond motifs is 1. The number of H-pyrrole nitrogens is 1. The molecule has 0 atom stereocenters. The standard InChI is InChI=1S/C29H33ClN4O4S/c1-19-24(8-5-11-34-12-14-38-15-13-34)20(2)31-28(19)18-26-25-17-23(9-10-27(25)32-29(26)35)39(36,37)33(3)22-7-4-6-21(30)16-22/h4,6-7,9-10,16-18,31H,5,8,11-15H2,1-3H3,(H,32,35)/b26-18+. The molecule has 3 aromatic rings. The lowest BCUT2D eigenvalue weighted by Gasteiger charge is -2.26. The highest BCUT2D eigenvalue weighted by atomic mass is 35.5. The number of hydrogen-bond acceptors (Lipinski definition) is 5. The van der Waals surface area contributed by atoms with Crippen molar-refractivity contribution >= 4 is 50.6 Å². The first-order valence-corrected chi connectivity index (χ1v) is 14.9. The molecule has 0 saturated carbocycles. The number of aromatic amines is 1. The van der Waals surface area contributed by atoms with Crippen LogP contribution in [0.3, 0.4) is 0 Å². The van der Waals surface area contributed by atoms with E-state index in [-0.39, 0.29) is 10.8 Å². The second-order valence-corrected chi connectivity index (χ2v) is 12.4. The van der Waals surface area contributed by atoms with Crippen LogP contribution in [-0.4, -0.2) is 64.1 Å². The number of morpholine rings is 1. The number of halogens is 1. The summed E-state index contributed by atoms with van der Waals surface area (Å²) in [6.45, 7) is 8.69. The van der Waals surface area contributed by atoms with Crippen LogP contribution in [0.15, 0.2) is 47.4 Å². The van der Waals surface area contributed by atoms with E-state index >= 15 is 0 Å². The fraction of sp³-hybridized carbons (Fsp3) is 0.345. The SMILES string of the molecule is Cc1[nH]c(/C=C2/C(=O)Nc3ccc(S(=O)(=O)N(C)c4cccc(Cl)c4)cc32)c(C)c1CCCN1CCOCC1. The molecule has 1 saturated heterocycles. The van der Waals surface area contributed by atoms with Crippen molar-refractivity contribution in [1.29, 1.82) is 0 Å². The molecule has 0 spiro atoms. The Morgan fingerprint density at radius 1 is 1.13 bits per heavy atom. The molecule has 0 unspecified atom stereocenters. The minimum absolute atomic E-state index is 0.0920. The quantitative estimate of drug-likeness (QED) is 0.378. The lowest BCUT2D eigenvalue weighted by molar-refractivity contribution is -0.110. The number of benzene rings is 2. The molecule has 0 radical (unpaired) electrons. The summed E-state index contributed by atoms with van der Waals surface area (Å²) in [7, 11) is -2.40. The maximum absolute atomic E-state index is 13.4. The maximum atomic E-state index is 13.4. The lowest BCUT2D eigenvalue weighted by atomic mass is 10.0. The second-order valence-electron chi connectivity index (χ2n) is 10.00. The van der Waals surface area contributed by atoms with Gasteiger partial charge in [0.25, 0.3) is 15.9 Å². The van der Waals surface area contributed by atoms with E-state index in [1.807, 2.05) is 6.08 Å². The van der Waals surface area contributed by atoms with E-state index in [4.69, 9.17) is 16.3 Å². The van der Waals surface area contributed by atoms with Crippen LogP contribution in [0, 0.1) is 13.8 Å². The number of aromatic nitrogens is 1. The zero-order valence-electron chi connectivity index (χ0n) is 22.4. The first kappa shape index (κ1) is 27.5. The Labute approximate surface area is 234 Å². The zero-order chi connectivity index (χ0) is 27.7. The summed E-state index contributed by atoms with van der Waals surface area (Å²) in [5.41, 5.74) is 6.32. The van der Waals surface area contributed by atoms with Crippen molar-refractivity contribution in [3.05, 3.63) is 75.6 Å². The van der Waals surface area contributed by atoms with Crippen molar-refractivity contribution in [3.8, 4) is 0 Å². The van der Waals surface area contributed by atoms with Crippen LogP contribution in [0.25, 0.3) is 11.6 Å².